The largest absolute Gasteiger partial charge is 0.435 e. The first-order chi connectivity index (χ1) is 20.2. The van der Waals surface area contributed by atoms with Gasteiger partial charge in [-0.1, -0.05) is 26.8 Å². The molecule has 0 spiro atoms. The number of nitrogens with one attached hydrogen (secondary N) is 1. The van der Waals surface area contributed by atoms with E-state index in [1.54, 1.807) is 23.0 Å². The molecule has 0 unspecified atom stereocenters. The number of carbonyl (C=O) groups is 1. The molecule has 4 heterocycles. The number of aromatic nitrogens is 4. The normalized spacial score (nSPS) is 13.0. The molecular weight excluding hydrogens is 549 g/mol. The Balaban J connectivity index is 0.000000517. The van der Waals surface area contributed by atoms with Crippen LogP contribution in [0.25, 0.3) is 5.52 Å². The number of alkyl halides is 3. The lowest BCUT2D eigenvalue weighted by Crippen LogP contribution is -2.39. The molecule has 5 rings (SSSR count). The summed E-state index contributed by atoms with van der Waals surface area (Å²) < 4.78 is 47.5. The minimum absolute atomic E-state index is 0.0397. The Bertz CT molecular complexity index is 1500. The fourth-order valence-corrected chi connectivity index (χ4v) is 4.64. The number of nitrogens with zero attached hydrogens (tertiary/aromatic N) is 6. The van der Waals surface area contributed by atoms with Gasteiger partial charge in [0.25, 0.3) is 0 Å². The van der Waals surface area contributed by atoms with Gasteiger partial charge >= 0.3 is 12.2 Å². The fraction of sp³-hybridized carbons (Fsp3) is 0.379. The maximum absolute atomic E-state index is 13.3. The minimum atomic E-state index is -4.57. The fourth-order valence-electron chi connectivity index (χ4n) is 4.64. The van der Waals surface area contributed by atoms with Gasteiger partial charge in [-0.2, -0.15) is 23.3 Å². The van der Waals surface area contributed by atoms with Gasteiger partial charge in [0.2, 0.25) is 5.88 Å². The summed E-state index contributed by atoms with van der Waals surface area (Å²) in [7, 11) is 0. The zero-order chi connectivity index (χ0) is 30.3. The Kier molecular flexibility index (Phi) is 9.96. The molecule has 224 valence electrons. The molecule has 3 N–H and O–H groups in total. The lowest BCUT2D eigenvalue weighted by molar-refractivity contribution is -0.138. The molecule has 2 amide bonds. The van der Waals surface area contributed by atoms with Crippen molar-refractivity contribution in [2.24, 2.45) is 5.73 Å². The Morgan fingerprint density at radius 2 is 1.88 bits per heavy atom. The summed E-state index contributed by atoms with van der Waals surface area (Å²) in [6, 6.07) is 8.48. The summed E-state index contributed by atoms with van der Waals surface area (Å²) in [5, 5.41) is 6.65. The predicted octanol–water partition coefficient (Wildman–Crippen LogP) is 5.33. The first-order valence-electron chi connectivity index (χ1n) is 13.8. The van der Waals surface area contributed by atoms with E-state index in [-0.39, 0.29) is 24.3 Å². The van der Waals surface area contributed by atoms with Crippen LogP contribution in [0.3, 0.4) is 0 Å². The van der Waals surface area contributed by atoms with Gasteiger partial charge in [-0.05, 0) is 61.1 Å². The third-order valence-corrected chi connectivity index (χ3v) is 7.04. The molecule has 0 saturated heterocycles. The van der Waals surface area contributed by atoms with Crippen LogP contribution in [0.2, 0.25) is 0 Å². The number of benzene rings is 1. The molecule has 0 atom stereocenters. The molecule has 3 aromatic heterocycles. The number of carbonyl (C=O) groups excluding carboxylic acids is 1. The molecule has 1 aliphatic heterocycles. The summed E-state index contributed by atoms with van der Waals surface area (Å²) >= 11 is 0. The van der Waals surface area contributed by atoms with Crippen LogP contribution >= 0.6 is 0 Å². The highest BCUT2D eigenvalue weighted by atomic mass is 19.4. The number of anilines is 1. The van der Waals surface area contributed by atoms with Crippen molar-refractivity contribution in [3.05, 3.63) is 77.5 Å². The number of urea groups is 1. The predicted molar refractivity (Wildman–Crippen MR) is 153 cm³/mol. The quantitative estimate of drug-likeness (QED) is 0.302. The lowest BCUT2D eigenvalue weighted by atomic mass is 10.1. The van der Waals surface area contributed by atoms with Gasteiger partial charge in [0.15, 0.2) is 0 Å². The maximum Gasteiger partial charge on any atom is 0.416 e. The van der Waals surface area contributed by atoms with Crippen LogP contribution in [-0.2, 0) is 25.7 Å². The number of pyridine rings is 1. The van der Waals surface area contributed by atoms with Crippen molar-refractivity contribution in [1.29, 1.82) is 0 Å². The number of halogens is 3. The zero-order valence-electron chi connectivity index (χ0n) is 23.9. The Morgan fingerprint density at radius 1 is 1.12 bits per heavy atom. The van der Waals surface area contributed by atoms with Crippen LogP contribution in [0.4, 0.5) is 23.7 Å². The van der Waals surface area contributed by atoms with Crippen molar-refractivity contribution in [3.8, 4) is 11.6 Å². The van der Waals surface area contributed by atoms with E-state index in [4.69, 9.17) is 10.5 Å². The molecule has 10 nitrogen and oxygen atoms in total. The lowest BCUT2D eigenvalue weighted by Gasteiger charge is -2.28. The highest BCUT2D eigenvalue weighted by Gasteiger charge is 2.33. The zero-order valence-corrected chi connectivity index (χ0v) is 23.9. The van der Waals surface area contributed by atoms with Gasteiger partial charge in [-0.25, -0.2) is 9.31 Å². The van der Waals surface area contributed by atoms with E-state index >= 15 is 0 Å². The van der Waals surface area contributed by atoms with Gasteiger partial charge in [0, 0.05) is 43.6 Å². The number of hydrogen-bond acceptors (Lipinski definition) is 7. The average molecular weight is 585 g/mol. The number of fused-ring (bicyclic) bond motifs is 2. The number of hydrogen-bond donors (Lipinski definition) is 2. The topological polar surface area (TPSA) is 114 Å². The van der Waals surface area contributed by atoms with Crippen LogP contribution in [0.15, 0.2) is 55.1 Å². The van der Waals surface area contributed by atoms with Gasteiger partial charge < -0.3 is 25.6 Å². The maximum atomic E-state index is 13.3. The van der Waals surface area contributed by atoms with Gasteiger partial charge in [0.05, 0.1) is 11.8 Å². The molecule has 0 fully saturated rings. The molecule has 1 aliphatic rings. The second kappa shape index (κ2) is 13.6. The Labute approximate surface area is 242 Å². The highest BCUT2D eigenvalue weighted by Crippen LogP contribution is 2.34. The first kappa shape index (κ1) is 30.7. The molecule has 0 bridgehead atoms. The van der Waals surface area contributed by atoms with Crippen molar-refractivity contribution in [3.63, 3.8) is 0 Å². The van der Waals surface area contributed by atoms with E-state index < -0.39 is 17.8 Å². The van der Waals surface area contributed by atoms with Crippen LogP contribution < -0.4 is 15.8 Å². The summed E-state index contributed by atoms with van der Waals surface area (Å²) in [6.45, 7) is 10.5. The first-order valence-corrected chi connectivity index (χ1v) is 13.8. The van der Waals surface area contributed by atoms with Crippen molar-refractivity contribution in [2.45, 2.75) is 46.5 Å². The van der Waals surface area contributed by atoms with Crippen molar-refractivity contribution >= 4 is 17.2 Å². The smallest absolute Gasteiger partial charge is 0.416 e. The van der Waals surface area contributed by atoms with Crippen LogP contribution in [0.1, 0.15) is 43.2 Å². The minimum Gasteiger partial charge on any atom is -0.435 e. The van der Waals surface area contributed by atoms with Gasteiger partial charge in [-0.3, -0.25) is 4.98 Å². The second-order valence-electron chi connectivity index (χ2n) is 9.58. The second-order valence-corrected chi connectivity index (χ2v) is 9.58. The molecule has 0 aliphatic carbocycles. The van der Waals surface area contributed by atoms with E-state index in [9.17, 15) is 18.0 Å². The van der Waals surface area contributed by atoms with Crippen LogP contribution in [-0.4, -0.2) is 61.6 Å². The standard InChI is InChI=1S/C23H20F3N7O2.C6H15N/c24-23(25,26)18-9-16(4-3-14(18)10-27)31-22(34)32-7-5-19-15(12-32)8-17(11-28-19)35-21-20-2-1-6-33(20)30-13-29-21;1-4-7(5-2)6-3/h1-4,6,8-9,11,13H,5,7,10,12,27H2,(H,31,34);4-6H2,1-3H3. The summed E-state index contributed by atoms with van der Waals surface area (Å²) in [5.74, 6) is 0.804. The summed E-state index contributed by atoms with van der Waals surface area (Å²) in [5.41, 5.74) is 6.84. The average Bonchev–Trinajstić information content (AvgIpc) is 3.48. The third kappa shape index (κ3) is 7.34. The molecule has 1 aromatic carbocycles. The third-order valence-electron chi connectivity index (χ3n) is 7.04. The SMILES string of the molecule is CCN(CC)CC.NCc1ccc(NC(=O)N2CCc3ncc(Oc4ncnn5cccc45)cc3C2)cc1C(F)(F)F. The number of ether oxygens (including phenoxy) is 1. The molecule has 42 heavy (non-hydrogen) atoms. The highest BCUT2D eigenvalue weighted by molar-refractivity contribution is 5.89. The van der Waals surface area contributed by atoms with Crippen LogP contribution in [0.5, 0.6) is 11.6 Å². The Morgan fingerprint density at radius 3 is 2.55 bits per heavy atom. The van der Waals surface area contributed by atoms with Crippen molar-refractivity contribution in [1.82, 2.24) is 29.4 Å². The number of nitrogens with two attached hydrogens (primary N) is 1. The van der Waals surface area contributed by atoms with E-state index in [1.807, 2.05) is 12.1 Å². The van der Waals surface area contributed by atoms with Crippen molar-refractivity contribution in [2.75, 3.05) is 31.5 Å². The molecular formula is C29H35F3N8O2. The van der Waals surface area contributed by atoms with E-state index in [0.717, 1.165) is 17.3 Å². The molecule has 0 saturated carbocycles. The monoisotopic (exact) mass is 584 g/mol. The Hall–Kier alpha value is -4.23. The molecule has 0 radical (unpaired) electrons. The number of amides is 2. The van der Waals surface area contributed by atoms with Crippen molar-refractivity contribution < 1.29 is 22.7 Å². The molecule has 13 heteroatoms. The summed E-state index contributed by atoms with van der Waals surface area (Å²) in [4.78, 5) is 25.3. The van der Waals surface area contributed by atoms with Crippen LogP contribution in [0, 0.1) is 0 Å². The van der Waals surface area contributed by atoms with E-state index in [2.05, 4.69) is 46.1 Å². The van der Waals surface area contributed by atoms with Gasteiger partial charge in [0.1, 0.15) is 17.6 Å². The van der Waals surface area contributed by atoms with E-state index in [1.165, 1.54) is 43.0 Å². The summed E-state index contributed by atoms with van der Waals surface area (Å²) in [6.07, 6.45) is 0.669. The number of rotatable bonds is 7. The molecule has 4 aromatic rings. The van der Waals surface area contributed by atoms with E-state index in [0.29, 0.717) is 30.1 Å². The van der Waals surface area contributed by atoms with Gasteiger partial charge in [-0.15, -0.1) is 0 Å².